The minimum atomic E-state index is -0.132. The Kier molecular flexibility index (Phi) is 5.64. The first-order valence-corrected chi connectivity index (χ1v) is 9.41. The Morgan fingerprint density at radius 1 is 1.25 bits per heavy atom. The van der Waals surface area contributed by atoms with Crippen LogP contribution in [-0.4, -0.2) is 18.8 Å². The van der Waals surface area contributed by atoms with Crippen LogP contribution in [0.1, 0.15) is 51.5 Å². The maximum absolute atomic E-state index is 12.0. The van der Waals surface area contributed by atoms with Crippen molar-refractivity contribution in [3.8, 4) is 5.75 Å². The van der Waals surface area contributed by atoms with E-state index in [1.807, 2.05) is 12.1 Å². The number of nitrogens with one attached hydrogen (secondary N) is 2. The monoisotopic (exact) mass is 330 g/mol. The summed E-state index contributed by atoms with van der Waals surface area (Å²) in [5.41, 5.74) is 1.32. The standard InChI is InChI=1S/C20H30N2O2/c1-3-4-15-6-9-18(10-7-15)24-13-21-20(23)22-14(2)19-12-16-5-8-17(19)11-16/h6-7,9-10,14,16-17,19H,3-5,8,11-13H2,1-2H3,(H2,21,22,23). The number of amides is 2. The van der Waals surface area contributed by atoms with Crippen molar-refractivity contribution >= 4 is 6.03 Å². The Morgan fingerprint density at radius 3 is 2.67 bits per heavy atom. The number of hydrogen-bond acceptors (Lipinski definition) is 2. The van der Waals surface area contributed by atoms with Gasteiger partial charge < -0.3 is 15.4 Å². The van der Waals surface area contributed by atoms with Crippen molar-refractivity contribution in [2.24, 2.45) is 17.8 Å². The zero-order valence-electron chi connectivity index (χ0n) is 14.9. The molecule has 2 aliphatic carbocycles. The molecule has 2 amide bonds. The van der Waals surface area contributed by atoms with Gasteiger partial charge in [0.15, 0.2) is 6.73 Å². The van der Waals surface area contributed by atoms with Crippen LogP contribution in [-0.2, 0) is 6.42 Å². The second-order valence-electron chi connectivity index (χ2n) is 7.46. The van der Waals surface area contributed by atoms with E-state index in [1.165, 1.54) is 31.2 Å². The van der Waals surface area contributed by atoms with Crippen molar-refractivity contribution in [1.29, 1.82) is 0 Å². The maximum Gasteiger partial charge on any atom is 0.317 e. The third kappa shape index (κ3) is 4.22. The van der Waals surface area contributed by atoms with E-state index < -0.39 is 0 Å². The largest absolute Gasteiger partial charge is 0.473 e. The van der Waals surface area contributed by atoms with E-state index >= 15 is 0 Å². The molecule has 4 heteroatoms. The van der Waals surface area contributed by atoms with Crippen LogP contribution < -0.4 is 15.4 Å². The summed E-state index contributed by atoms with van der Waals surface area (Å²) in [6.45, 7) is 4.51. The Labute approximate surface area is 145 Å². The average Bonchev–Trinajstić information content (AvgIpc) is 3.20. The van der Waals surface area contributed by atoms with Crippen molar-refractivity contribution in [2.45, 2.75) is 58.4 Å². The molecule has 24 heavy (non-hydrogen) atoms. The summed E-state index contributed by atoms with van der Waals surface area (Å²) in [4.78, 5) is 12.0. The van der Waals surface area contributed by atoms with E-state index in [1.54, 1.807) is 0 Å². The Bertz CT molecular complexity index is 543. The van der Waals surface area contributed by atoms with Gasteiger partial charge in [-0.15, -0.1) is 0 Å². The van der Waals surface area contributed by atoms with Gasteiger partial charge in [-0.05, 0) is 68.1 Å². The quantitative estimate of drug-likeness (QED) is 0.740. The number of aryl methyl sites for hydroxylation is 1. The Hall–Kier alpha value is -1.71. The minimum Gasteiger partial charge on any atom is -0.473 e. The normalized spacial score (nSPS) is 26.2. The molecular weight excluding hydrogens is 300 g/mol. The number of fused-ring (bicyclic) bond motifs is 2. The molecule has 0 saturated heterocycles. The second-order valence-corrected chi connectivity index (χ2v) is 7.46. The number of urea groups is 1. The molecule has 1 aromatic rings. The summed E-state index contributed by atoms with van der Waals surface area (Å²) in [6, 6.07) is 8.19. The molecule has 132 valence electrons. The third-order valence-electron chi connectivity index (χ3n) is 5.73. The Balaban J connectivity index is 1.36. The third-order valence-corrected chi connectivity index (χ3v) is 5.73. The fourth-order valence-corrected chi connectivity index (χ4v) is 4.50. The van der Waals surface area contributed by atoms with Crippen LogP contribution in [0.2, 0.25) is 0 Å². The van der Waals surface area contributed by atoms with Gasteiger partial charge in [0, 0.05) is 6.04 Å². The van der Waals surface area contributed by atoms with E-state index in [9.17, 15) is 4.79 Å². The molecule has 2 N–H and O–H groups in total. The predicted octanol–water partition coefficient (Wildman–Crippen LogP) is 4.10. The van der Waals surface area contributed by atoms with Gasteiger partial charge in [-0.3, -0.25) is 0 Å². The van der Waals surface area contributed by atoms with Crippen molar-refractivity contribution in [2.75, 3.05) is 6.73 Å². The van der Waals surface area contributed by atoms with Crippen LogP contribution in [0.15, 0.2) is 24.3 Å². The molecule has 1 aromatic carbocycles. The molecule has 2 bridgehead atoms. The highest BCUT2D eigenvalue weighted by molar-refractivity contribution is 5.74. The van der Waals surface area contributed by atoms with Crippen LogP contribution in [0.25, 0.3) is 0 Å². The van der Waals surface area contributed by atoms with Gasteiger partial charge >= 0.3 is 6.03 Å². The highest BCUT2D eigenvalue weighted by Gasteiger charge is 2.42. The molecule has 2 fully saturated rings. The lowest BCUT2D eigenvalue weighted by molar-refractivity contribution is 0.207. The molecule has 4 unspecified atom stereocenters. The lowest BCUT2D eigenvalue weighted by Crippen LogP contribution is -2.46. The van der Waals surface area contributed by atoms with Crippen molar-refractivity contribution in [3.05, 3.63) is 29.8 Å². The van der Waals surface area contributed by atoms with E-state index in [2.05, 4.69) is 36.6 Å². The van der Waals surface area contributed by atoms with Gasteiger partial charge in [-0.2, -0.15) is 0 Å². The average molecular weight is 330 g/mol. The van der Waals surface area contributed by atoms with Gasteiger partial charge in [0.2, 0.25) is 0 Å². The first kappa shape index (κ1) is 17.1. The molecule has 4 nitrogen and oxygen atoms in total. The first-order chi connectivity index (χ1) is 11.7. The summed E-state index contributed by atoms with van der Waals surface area (Å²) in [5, 5.41) is 5.89. The van der Waals surface area contributed by atoms with Crippen LogP contribution in [0.3, 0.4) is 0 Å². The second kappa shape index (κ2) is 7.91. The molecule has 2 saturated carbocycles. The molecule has 0 radical (unpaired) electrons. The highest BCUT2D eigenvalue weighted by Crippen LogP contribution is 2.49. The fourth-order valence-electron chi connectivity index (χ4n) is 4.50. The Morgan fingerprint density at radius 2 is 2.04 bits per heavy atom. The lowest BCUT2D eigenvalue weighted by Gasteiger charge is -2.28. The molecule has 4 atom stereocenters. The topological polar surface area (TPSA) is 50.4 Å². The number of hydrogen-bond donors (Lipinski definition) is 2. The van der Waals surface area contributed by atoms with Crippen molar-refractivity contribution in [1.82, 2.24) is 10.6 Å². The van der Waals surface area contributed by atoms with Crippen molar-refractivity contribution in [3.63, 3.8) is 0 Å². The fraction of sp³-hybridized carbons (Fsp3) is 0.650. The number of carbonyl (C=O) groups excluding carboxylic acids is 1. The van der Waals surface area contributed by atoms with Crippen LogP contribution in [0, 0.1) is 17.8 Å². The summed E-state index contributed by atoms with van der Waals surface area (Å²) >= 11 is 0. The van der Waals surface area contributed by atoms with Crippen molar-refractivity contribution < 1.29 is 9.53 Å². The number of rotatable bonds is 7. The lowest BCUT2D eigenvalue weighted by atomic mass is 9.84. The van der Waals surface area contributed by atoms with Gasteiger partial charge in [0.25, 0.3) is 0 Å². The van der Waals surface area contributed by atoms with Gasteiger partial charge in [0.05, 0.1) is 0 Å². The van der Waals surface area contributed by atoms with Crippen LogP contribution in [0.4, 0.5) is 4.79 Å². The number of benzene rings is 1. The summed E-state index contributed by atoms with van der Waals surface area (Å²) in [7, 11) is 0. The highest BCUT2D eigenvalue weighted by atomic mass is 16.5. The van der Waals surface area contributed by atoms with E-state index in [4.69, 9.17) is 4.74 Å². The number of carbonyl (C=O) groups is 1. The zero-order chi connectivity index (χ0) is 16.9. The molecule has 0 heterocycles. The summed E-state index contributed by atoms with van der Waals surface area (Å²) < 4.78 is 5.59. The first-order valence-electron chi connectivity index (χ1n) is 9.41. The SMILES string of the molecule is CCCc1ccc(OCNC(=O)NC(C)C2CC3CCC2C3)cc1. The molecule has 2 aliphatic rings. The molecule has 3 rings (SSSR count). The van der Waals surface area contributed by atoms with Crippen LogP contribution >= 0.6 is 0 Å². The molecular formula is C20H30N2O2. The van der Waals surface area contributed by atoms with Gasteiger partial charge in [-0.25, -0.2) is 4.79 Å². The maximum atomic E-state index is 12.0. The zero-order valence-corrected chi connectivity index (χ0v) is 14.9. The molecule has 0 aliphatic heterocycles. The van der Waals surface area contributed by atoms with Gasteiger partial charge in [-0.1, -0.05) is 31.9 Å². The molecule has 0 spiro atoms. The van der Waals surface area contributed by atoms with E-state index in [0.717, 1.165) is 30.4 Å². The van der Waals surface area contributed by atoms with E-state index in [0.29, 0.717) is 5.92 Å². The summed E-state index contributed by atoms with van der Waals surface area (Å²) in [5.74, 6) is 3.17. The minimum absolute atomic E-state index is 0.132. The smallest absolute Gasteiger partial charge is 0.317 e. The molecule has 0 aromatic heterocycles. The summed E-state index contributed by atoms with van der Waals surface area (Å²) in [6.07, 6.45) is 7.62. The van der Waals surface area contributed by atoms with Crippen LogP contribution in [0.5, 0.6) is 5.75 Å². The number of ether oxygens (including phenoxy) is 1. The van der Waals surface area contributed by atoms with E-state index in [-0.39, 0.29) is 18.8 Å². The van der Waals surface area contributed by atoms with Gasteiger partial charge in [0.1, 0.15) is 5.75 Å². The predicted molar refractivity (Wildman–Crippen MR) is 96.0 cm³/mol.